The van der Waals surface area contributed by atoms with Gasteiger partial charge in [-0.1, -0.05) is 23.7 Å². The first-order chi connectivity index (χ1) is 19.2. The summed E-state index contributed by atoms with van der Waals surface area (Å²) in [5.74, 6) is 0.589. The molecule has 3 aromatic rings. The van der Waals surface area contributed by atoms with Gasteiger partial charge in [-0.2, -0.15) is 5.26 Å². The van der Waals surface area contributed by atoms with E-state index in [9.17, 15) is 14.4 Å². The van der Waals surface area contributed by atoms with E-state index in [4.69, 9.17) is 16.3 Å². The number of nitriles is 1. The van der Waals surface area contributed by atoms with E-state index < -0.39 is 5.82 Å². The minimum atomic E-state index is -0.570. The maximum Gasteiger partial charge on any atom is 0.246 e. The summed E-state index contributed by atoms with van der Waals surface area (Å²) < 4.78 is 21.0. The summed E-state index contributed by atoms with van der Waals surface area (Å²) in [6.07, 6.45) is 7.55. The van der Waals surface area contributed by atoms with E-state index in [-0.39, 0.29) is 16.6 Å². The summed E-state index contributed by atoms with van der Waals surface area (Å²) in [6.45, 7) is 6.31. The normalized spacial score (nSPS) is 14.2. The summed E-state index contributed by atoms with van der Waals surface area (Å²) >= 11 is 6.16. The number of ether oxygens (including phenoxy) is 1. The predicted octanol–water partition coefficient (Wildman–Crippen LogP) is 6.25. The first kappa shape index (κ1) is 29.3. The third kappa shape index (κ3) is 6.72. The zero-order chi connectivity index (χ0) is 28.8. The van der Waals surface area contributed by atoms with Gasteiger partial charge in [-0.15, -0.1) is 0 Å². The van der Waals surface area contributed by atoms with Crippen LogP contribution in [0.4, 0.5) is 15.8 Å². The van der Waals surface area contributed by atoms with Crippen LogP contribution >= 0.6 is 11.6 Å². The number of piperidine rings is 1. The Morgan fingerprint density at radius 2 is 2.08 bits per heavy atom. The van der Waals surface area contributed by atoms with Gasteiger partial charge in [-0.25, -0.2) is 4.39 Å². The fourth-order valence-corrected chi connectivity index (χ4v) is 5.11. The Hall–Kier alpha value is -3.67. The number of carbonyl (C=O) groups is 1. The van der Waals surface area contributed by atoms with Gasteiger partial charge in [-0.05, 0) is 76.4 Å². The fraction of sp³-hybridized carbons (Fsp3) is 0.387. The maximum atomic E-state index is 15.0. The Morgan fingerprint density at radius 3 is 2.75 bits per heavy atom. The fourth-order valence-electron chi connectivity index (χ4n) is 4.95. The van der Waals surface area contributed by atoms with Crippen LogP contribution in [-0.4, -0.2) is 61.0 Å². The number of rotatable bonds is 9. The molecular formula is C31H35ClFN5O2. The number of likely N-dealkylation sites (N-methyl/N-ethyl adjacent to an activating group) is 1. The predicted molar refractivity (Wildman–Crippen MR) is 158 cm³/mol. The van der Waals surface area contributed by atoms with Gasteiger partial charge in [0.05, 0.1) is 34.1 Å². The molecule has 0 spiro atoms. The molecule has 210 valence electrons. The maximum absolute atomic E-state index is 15.0. The van der Waals surface area contributed by atoms with Crippen molar-refractivity contribution >= 4 is 39.8 Å². The zero-order valence-electron chi connectivity index (χ0n) is 23.4. The lowest BCUT2D eigenvalue weighted by molar-refractivity contribution is -0.127. The molecule has 0 unspecified atom stereocenters. The lowest BCUT2D eigenvalue weighted by Crippen LogP contribution is -2.38. The van der Waals surface area contributed by atoms with Crippen LogP contribution in [-0.2, 0) is 11.2 Å². The van der Waals surface area contributed by atoms with Crippen molar-refractivity contribution in [2.24, 2.45) is 5.92 Å². The monoisotopic (exact) mass is 563 g/mol. The molecule has 4 rings (SSSR count). The molecule has 0 atom stereocenters. The molecule has 1 fully saturated rings. The smallest absolute Gasteiger partial charge is 0.246 e. The van der Waals surface area contributed by atoms with E-state index in [1.54, 1.807) is 25.1 Å². The van der Waals surface area contributed by atoms with Gasteiger partial charge in [0.1, 0.15) is 11.8 Å². The number of aryl methyl sites for hydroxylation is 1. The van der Waals surface area contributed by atoms with E-state index in [1.165, 1.54) is 6.20 Å². The molecule has 1 saturated heterocycles. The van der Waals surface area contributed by atoms with Gasteiger partial charge >= 0.3 is 0 Å². The van der Waals surface area contributed by atoms with Crippen molar-refractivity contribution in [3.63, 3.8) is 0 Å². The Bertz CT molecular complexity index is 1460. The van der Waals surface area contributed by atoms with Crippen molar-refractivity contribution in [3.8, 4) is 11.8 Å². The highest BCUT2D eigenvalue weighted by Crippen LogP contribution is 2.37. The number of amides is 1. The quantitative estimate of drug-likeness (QED) is 0.310. The van der Waals surface area contributed by atoms with Crippen LogP contribution in [0.25, 0.3) is 10.9 Å². The highest BCUT2D eigenvalue weighted by Gasteiger charge is 2.24. The molecule has 0 saturated carbocycles. The number of likely N-dealkylation sites (tertiary alicyclic amines) is 1. The second kappa shape index (κ2) is 13.1. The number of carbonyl (C=O) groups excluding carboxylic acids is 1. The summed E-state index contributed by atoms with van der Waals surface area (Å²) in [5.41, 5.74) is 3.22. The van der Waals surface area contributed by atoms with Gasteiger partial charge in [0.25, 0.3) is 0 Å². The van der Waals surface area contributed by atoms with Crippen molar-refractivity contribution in [1.82, 2.24) is 14.8 Å². The molecule has 0 radical (unpaired) electrons. The molecule has 1 aliphatic heterocycles. The number of halogens is 2. The Labute approximate surface area is 240 Å². The number of fused-ring (bicyclic) bond motifs is 1. The van der Waals surface area contributed by atoms with E-state index in [1.807, 2.05) is 49.0 Å². The van der Waals surface area contributed by atoms with Gasteiger partial charge < -0.3 is 19.9 Å². The largest absolute Gasteiger partial charge is 0.494 e. The standard InChI is InChI=1S/C31H35ClFN5O2/c1-5-40-27-17-26-24(31(23(18-34)19-35-26)36-25-9-8-20(2)29(32)30(25)33)16-22(27)15-21-10-13-38(14-11-21)28(39)7-6-12-37(3)4/h6-9,16-17,19,21H,5,10-15H2,1-4H3,(H,35,36)/b7-6+. The lowest BCUT2D eigenvalue weighted by atomic mass is 9.89. The zero-order valence-corrected chi connectivity index (χ0v) is 24.2. The number of hydrogen-bond donors (Lipinski definition) is 1. The number of nitrogens with zero attached hydrogens (tertiary/aromatic N) is 4. The molecular weight excluding hydrogens is 529 g/mol. The minimum Gasteiger partial charge on any atom is -0.494 e. The van der Waals surface area contributed by atoms with Crippen molar-refractivity contribution in [1.29, 1.82) is 5.26 Å². The number of pyridine rings is 1. The molecule has 2 heterocycles. The van der Waals surface area contributed by atoms with Crippen molar-refractivity contribution in [3.05, 3.63) is 70.1 Å². The van der Waals surface area contributed by atoms with Crippen molar-refractivity contribution in [2.45, 2.75) is 33.1 Å². The number of benzene rings is 2. The Balaban J connectivity index is 1.61. The minimum absolute atomic E-state index is 0.0409. The van der Waals surface area contributed by atoms with Crippen molar-refractivity contribution < 1.29 is 13.9 Å². The third-order valence-electron chi connectivity index (χ3n) is 7.17. The van der Waals surface area contributed by atoms with Crippen LogP contribution < -0.4 is 10.1 Å². The van der Waals surface area contributed by atoms with Crippen molar-refractivity contribution in [2.75, 3.05) is 45.7 Å². The number of nitrogens with one attached hydrogen (secondary N) is 1. The summed E-state index contributed by atoms with van der Waals surface area (Å²) in [7, 11) is 3.94. The number of aromatic nitrogens is 1. The van der Waals surface area contributed by atoms with Crippen LogP contribution in [0, 0.1) is 30.0 Å². The SMILES string of the molecule is CCOc1cc2ncc(C#N)c(Nc3ccc(C)c(Cl)c3F)c2cc1CC1CCN(C(=O)/C=C/CN(C)C)CC1. The van der Waals surface area contributed by atoms with E-state index in [0.717, 1.165) is 37.1 Å². The molecule has 0 aliphatic carbocycles. The Kier molecular flexibility index (Phi) is 9.62. The number of hydrogen-bond acceptors (Lipinski definition) is 6. The molecule has 1 aromatic heterocycles. The van der Waals surface area contributed by atoms with Gasteiger partial charge in [0.2, 0.25) is 5.91 Å². The van der Waals surface area contributed by atoms with E-state index in [0.29, 0.717) is 53.3 Å². The molecule has 40 heavy (non-hydrogen) atoms. The lowest BCUT2D eigenvalue weighted by Gasteiger charge is -2.31. The molecule has 2 aromatic carbocycles. The van der Waals surface area contributed by atoms with E-state index >= 15 is 0 Å². The second-order valence-electron chi connectivity index (χ2n) is 10.4. The van der Waals surface area contributed by atoms with E-state index in [2.05, 4.69) is 16.4 Å². The molecule has 0 bridgehead atoms. The van der Waals surface area contributed by atoms with Gasteiger partial charge in [-0.3, -0.25) is 9.78 Å². The van der Waals surface area contributed by atoms with Gasteiger partial charge in [0.15, 0.2) is 5.82 Å². The van der Waals surface area contributed by atoms with Crippen LogP contribution in [0.1, 0.15) is 36.5 Å². The van der Waals surface area contributed by atoms with Crippen LogP contribution in [0.2, 0.25) is 5.02 Å². The summed E-state index contributed by atoms with van der Waals surface area (Å²) in [6, 6.07) is 9.40. The van der Waals surface area contributed by atoms with Gasteiger partial charge in [0, 0.05) is 43.4 Å². The molecule has 7 nitrogen and oxygen atoms in total. The average molecular weight is 564 g/mol. The molecule has 1 aliphatic rings. The Morgan fingerprint density at radius 1 is 1.32 bits per heavy atom. The number of anilines is 2. The van der Waals surface area contributed by atoms with Crippen LogP contribution in [0.15, 0.2) is 42.6 Å². The van der Waals surface area contributed by atoms with Crippen LogP contribution in [0.5, 0.6) is 5.75 Å². The average Bonchev–Trinajstić information content (AvgIpc) is 2.94. The third-order valence-corrected chi connectivity index (χ3v) is 7.64. The first-order valence-corrected chi connectivity index (χ1v) is 13.9. The molecule has 9 heteroatoms. The second-order valence-corrected chi connectivity index (χ2v) is 10.8. The summed E-state index contributed by atoms with van der Waals surface area (Å²) in [4.78, 5) is 21.0. The highest BCUT2D eigenvalue weighted by molar-refractivity contribution is 6.31. The first-order valence-electron chi connectivity index (χ1n) is 13.5. The summed E-state index contributed by atoms with van der Waals surface area (Å²) in [5, 5.41) is 13.7. The molecule has 1 amide bonds. The van der Waals surface area contributed by atoms with Crippen LogP contribution in [0.3, 0.4) is 0 Å². The molecule has 1 N–H and O–H groups in total. The topological polar surface area (TPSA) is 81.5 Å². The highest BCUT2D eigenvalue weighted by atomic mass is 35.5.